The summed E-state index contributed by atoms with van der Waals surface area (Å²) >= 11 is 0. The second-order valence-corrected chi connectivity index (χ2v) is 5.46. The number of rotatable bonds is 5. The number of aryl methyl sites for hydroxylation is 2. The van der Waals surface area contributed by atoms with Crippen molar-refractivity contribution in [2.75, 3.05) is 0 Å². The maximum absolute atomic E-state index is 10.8. The molecule has 0 saturated carbocycles. The van der Waals surface area contributed by atoms with Crippen LogP contribution in [0.3, 0.4) is 0 Å². The summed E-state index contributed by atoms with van der Waals surface area (Å²) in [5.74, 6) is -0.890. The van der Waals surface area contributed by atoms with Crippen LogP contribution >= 0.6 is 0 Å². The minimum atomic E-state index is -0.890. The first kappa shape index (κ1) is 15.3. The largest absolute Gasteiger partial charge is 0.478 e. The van der Waals surface area contributed by atoms with E-state index < -0.39 is 5.97 Å². The minimum absolute atomic E-state index is 0.254. The van der Waals surface area contributed by atoms with E-state index in [-0.39, 0.29) is 6.04 Å². The molecule has 0 bridgehead atoms. The summed E-state index contributed by atoms with van der Waals surface area (Å²) in [4.78, 5) is 10.8. The molecule has 0 aliphatic heterocycles. The predicted octanol–water partition coefficient (Wildman–Crippen LogP) is 3.85. The molecule has 0 aliphatic carbocycles. The highest BCUT2D eigenvalue weighted by Crippen LogP contribution is 2.19. The molecule has 0 spiro atoms. The summed E-state index contributed by atoms with van der Waals surface area (Å²) in [5.41, 5.74) is 5.24. The molecule has 0 amide bonds. The van der Waals surface area contributed by atoms with Crippen molar-refractivity contribution in [1.29, 1.82) is 0 Å². The van der Waals surface area contributed by atoms with Gasteiger partial charge < -0.3 is 10.4 Å². The van der Waals surface area contributed by atoms with Gasteiger partial charge in [-0.2, -0.15) is 0 Å². The highest BCUT2D eigenvalue weighted by Gasteiger charge is 2.08. The van der Waals surface area contributed by atoms with Crippen molar-refractivity contribution >= 4 is 5.97 Å². The Balaban J connectivity index is 2.02. The monoisotopic (exact) mass is 283 g/mol. The molecule has 3 nitrogen and oxygen atoms in total. The van der Waals surface area contributed by atoms with Crippen LogP contribution in [-0.4, -0.2) is 11.1 Å². The van der Waals surface area contributed by atoms with Crippen LogP contribution in [0.2, 0.25) is 0 Å². The second kappa shape index (κ2) is 6.55. The fourth-order valence-corrected chi connectivity index (χ4v) is 2.37. The van der Waals surface area contributed by atoms with Gasteiger partial charge >= 0.3 is 5.97 Å². The maximum Gasteiger partial charge on any atom is 0.335 e. The molecule has 0 aromatic heterocycles. The van der Waals surface area contributed by atoms with Crippen LogP contribution in [0.25, 0.3) is 0 Å². The Morgan fingerprint density at radius 2 is 1.81 bits per heavy atom. The van der Waals surface area contributed by atoms with Crippen molar-refractivity contribution in [2.45, 2.75) is 33.4 Å². The van der Waals surface area contributed by atoms with Crippen LogP contribution in [0.15, 0.2) is 42.5 Å². The smallest absolute Gasteiger partial charge is 0.335 e. The number of aromatic carboxylic acids is 1. The predicted molar refractivity (Wildman–Crippen MR) is 84.6 cm³/mol. The number of carboxylic acid groups (broad SMARTS) is 1. The van der Waals surface area contributed by atoms with Gasteiger partial charge in [-0.25, -0.2) is 4.79 Å². The van der Waals surface area contributed by atoms with E-state index in [1.807, 2.05) is 12.1 Å². The molecule has 3 heteroatoms. The van der Waals surface area contributed by atoms with E-state index in [2.05, 4.69) is 44.3 Å². The summed E-state index contributed by atoms with van der Waals surface area (Å²) in [6.45, 7) is 7.08. The summed E-state index contributed by atoms with van der Waals surface area (Å²) in [6, 6.07) is 13.7. The number of benzene rings is 2. The Hall–Kier alpha value is -2.13. The third-order valence-corrected chi connectivity index (χ3v) is 3.71. The molecular formula is C18H21NO2. The van der Waals surface area contributed by atoms with Crippen molar-refractivity contribution < 1.29 is 9.90 Å². The molecule has 2 aromatic carbocycles. The molecule has 110 valence electrons. The molecule has 1 unspecified atom stereocenters. The molecule has 2 rings (SSSR count). The fraction of sp³-hybridized carbons (Fsp3) is 0.278. The summed E-state index contributed by atoms with van der Waals surface area (Å²) in [5, 5.41) is 12.4. The van der Waals surface area contributed by atoms with Crippen LogP contribution in [0.5, 0.6) is 0 Å². The number of hydrogen-bond donors (Lipinski definition) is 2. The SMILES string of the molecule is Cc1ccc(C)c(C(C)NCc2ccc(C(=O)O)cc2)c1. The quantitative estimate of drug-likeness (QED) is 0.876. The van der Waals surface area contributed by atoms with Gasteiger partial charge in [-0.15, -0.1) is 0 Å². The lowest BCUT2D eigenvalue weighted by Gasteiger charge is -2.17. The van der Waals surface area contributed by atoms with Gasteiger partial charge in [0.2, 0.25) is 0 Å². The number of hydrogen-bond acceptors (Lipinski definition) is 2. The zero-order valence-electron chi connectivity index (χ0n) is 12.7. The van der Waals surface area contributed by atoms with Crippen LogP contribution in [0.4, 0.5) is 0 Å². The van der Waals surface area contributed by atoms with E-state index in [0.29, 0.717) is 12.1 Å². The molecule has 0 radical (unpaired) electrons. The number of carboxylic acids is 1. The lowest BCUT2D eigenvalue weighted by molar-refractivity contribution is 0.0697. The first-order valence-electron chi connectivity index (χ1n) is 7.10. The maximum atomic E-state index is 10.8. The third kappa shape index (κ3) is 3.92. The van der Waals surface area contributed by atoms with E-state index >= 15 is 0 Å². The van der Waals surface area contributed by atoms with Gasteiger partial charge in [0.15, 0.2) is 0 Å². The fourth-order valence-electron chi connectivity index (χ4n) is 2.37. The van der Waals surface area contributed by atoms with Crippen molar-refractivity contribution in [2.24, 2.45) is 0 Å². The second-order valence-electron chi connectivity index (χ2n) is 5.46. The normalized spacial score (nSPS) is 12.1. The Morgan fingerprint density at radius 1 is 1.14 bits per heavy atom. The van der Waals surface area contributed by atoms with Gasteiger partial charge in [0, 0.05) is 12.6 Å². The van der Waals surface area contributed by atoms with Crippen molar-refractivity contribution in [3.05, 3.63) is 70.3 Å². The average molecular weight is 283 g/mol. The Morgan fingerprint density at radius 3 is 2.43 bits per heavy atom. The van der Waals surface area contributed by atoms with Gasteiger partial charge in [-0.05, 0) is 49.6 Å². The molecule has 2 aromatic rings. The van der Waals surface area contributed by atoms with Crippen molar-refractivity contribution in [3.63, 3.8) is 0 Å². The molecule has 0 heterocycles. The highest BCUT2D eigenvalue weighted by molar-refractivity contribution is 5.87. The Bertz CT molecular complexity index is 632. The van der Waals surface area contributed by atoms with Crippen LogP contribution in [0.1, 0.15) is 45.6 Å². The Kier molecular flexibility index (Phi) is 4.76. The lowest BCUT2D eigenvalue weighted by atomic mass is 10.00. The molecule has 0 saturated heterocycles. The first-order chi connectivity index (χ1) is 9.97. The topological polar surface area (TPSA) is 49.3 Å². The molecule has 21 heavy (non-hydrogen) atoms. The molecule has 0 fully saturated rings. The van der Waals surface area contributed by atoms with Crippen molar-refractivity contribution in [3.8, 4) is 0 Å². The van der Waals surface area contributed by atoms with Crippen LogP contribution < -0.4 is 5.32 Å². The molecule has 1 atom stereocenters. The summed E-state index contributed by atoms with van der Waals surface area (Å²) < 4.78 is 0. The molecule has 0 aliphatic rings. The van der Waals surface area contributed by atoms with E-state index in [0.717, 1.165) is 5.56 Å². The van der Waals surface area contributed by atoms with Gasteiger partial charge in [0.05, 0.1) is 5.56 Å². The van der Waals surface area contributed by atoms with E-state index in [1.165, 1.54) is 16.7 Å². The van der Waals surface area contributed by atoms with Gasteiger partial charge in [0.1, 0.15) is 0 Å². The van der Waals surface area contributed by atoms with E-state index in [1.54, 1.807) is 12.1 Å². The van der Waals surface area contributed by atoms with Gasteiger partial charge in [-0.1, -0.05) is 35.9 Å². The van der Waals surface area contributed by atoms with Crippen molar-refractivity contribution in [1.82, 2.24) is 5.32 Å². The van der Waals surface area contributed by atoms with E-state index in [4.69, 9.17) is 5.11 Å². The Labute approximate surface area is 125 Å². The summed E-state index contributed by atoms with van der Waals surface area (Å²) in [7, 11) is 0. The van der Waals surface area contributed by atoms with Crippen LogP contribution in [-0.2, 0) is 6.54 Å². The van der Waals surface area contributed by atoms with Crippen LogP contribution in [0, 0.1) is 13.8 Å². The zero-order valence-corrected chi connectivity index (χ0v) is 12.7. The third-order valence-electron chi connectivity index (χ3n) is 3.71. The molecular weight excluding hydrogens is 262 g/mol. The number of carbonyl (C=O) groups is 1. The number of nitrogens with one attached hydrogen (secondary N) is 1. The average Bonchev–Trinajstić information content (AvgIpc) is 2.47. The summed E-state index contributed by atoms with van der Waals surface area (Å²) in [6.07, 6.45) is 0. The molecule has 2 N–H and O–H groups in total. The minimum Gasteiger partial charge on any atom is -0.478 e. The first-order valence-corrected chi connectivity index (χ1v) is 7.10. The standard InChI is InChI=1S/C18H21NO2/c1-12-4-5-13(2)17(10-12)14(3)19-11-15-6-8-16(9-7-15)18(20)21/h4-10,14,19H,11H2,1-3H3,(H,20,21). The van der Waals surface area contributed by atoms with E-state index in [9.17, 15) is 4.79 Å². The zero-order chi connectivity index (χ0) is 15.4. The van der Waals surface area contributed by atoms with Gasteiger partial charge in [-0.3, -0.25) is 0 Å². The van der Waals surface area contributed by atoms with Gasteiger partial charge in [0.25, 0.3) is 0 Å². The lowest BCUT2D eigenvalue weighted by Crippen LogP contribution is -2.19. The highest BCUT2D eigenvalue weighted by atomic mass is 16.4.